The van der Waals surface area contributed by atoms with Gasteiger partial charge in [-0.1, -0.05) is 23.7 Å². The first-order valence-electron chi connectivity index (χ1n) is 7.30. The standard InChI is InChI=1S/C16H23ClN2O2/c1-12-8-19(9-13(2)21-12)16(20)11-18(3)10-14-4-6-15(17)7-5-14/h4-7,12-13H,8-11H2,1-3H3. The van der Waals surface area contributed by atoms with E-state index in [1.165, 1.54) is 0 Å². The molecular formula is C16H23ClN2O2. The second kappa shape index (κ2) is 7.25. The van der Waals surface area contributed by atoms with Gasteiger partial charge in [0.2, 0.25) is 5.91 Å². The van der Waals surface area contributed by atoms with Crippen LogP contribution in [0.5, 0.6) is 0 Å². The molecule has 4 nitrogen and oxygen atoms in total. The predicted molar refractivity (Wildman–Crippen MR) is 84.4 cm³/mol. The number of hydrogen-bond acceptors (Lipinski definition) is 3. The third kappa shape index (κ3) is 4.99. The molecule has 1 aromatic rings. The predicted octanol–water partition coefficient (Wildman–Crippen LogP) is 2.41. The normalized spacial score (nSPS) is 22.6. The molecule has 21 heavy (non-hydrogen) atoms. The molecule has 1 saturated heterocycles. The second-order valence-corrected chi connectivity index (χ2v) is 6.29. The lowest BCUT2D eigenvalue weighted by molar-refractivity contribution is -0.144. The van der Waals surface area contributed by atoms with Crippen LogP contribution in [0.2, 0.25) is 5.02 Å². The van der Waals surface area contributed by atoms with Crippen LogP contribution in [0.3, 0.4) is 0 Å². The van der Waals surface area contributed by atoms with Gasteiger partial charge in [0.25, 0.3) is 0 Å². The molecule has 0 saturated carbocycles. The van der Waals surface area contributed by atoms with Crippen LogP contribution in [0.15, 0.2) is 24.3 Å². The zero-order valence-corrected chi connectivity index (χ0v) is 13.6. The largest absolute Gasteiger partial charge is 0.372 e. The molecule has 1 aliphatic heterocycles. The van der Waals surface area contributed by atoms with Crippen LogP contribution in [0.25, 0.3) is 0 Å². The maximum Gasteiger partial charge on any atom is 0.236 e. The fourth-order valence-corrected chi connectivity index (χ4v) is 2.80. The molecule has 0 aromatic heterocycles. The molecule has 1 aliphatic rings. The van der Waals surface area contributed by atoms with Crippen molar-refractivity contribution in [2.24, 2.45) is 0 Å². The third-order valence-corrected chi connectivity index (χ3v) is 3.80. The Hall–Kier alpha value is -1.10. The number of carbonyl (C=O) groups is 1. The Kier molecular flexibility index (Phi) is 5.62. The Bertz CT molecular complexity index is 468. The van der Waals surface area contributed by atoms with Gasteiger partial charge in [0.15, 0.2) is 0 Å². The molecule has 2 atom stereocenters. The van der Waals surface area contributed by atoms with Crippen molar-refractivity contribution >= 4 is 17.5 Å². The Morgan fingerprint density at radius 1 is 1.29 bits per heavy atom. The van der Waals surface area contributed by atoms with Crippen molar-refractivity contribution in [3.05, 3.63) is 34.9 Å². The summed E-state index contributed by atoms with van der Waals surface area (Å²) in [5, 5.41) is 0.730. The van der Waals surface area contributed by atoms with Gasteiger partial charge < -0.3 is 9.64 Å². The van der Waals surface area contributed by atoms with E-state index in [-0.39, 0.29) is 18.1 Å². The minimum atomic E-state index is 0.110. The summed E-state index contributed by atoms with van der Waals surface area (Å²) in [6, 6.07) is 7.72. The minimum Gasteiger partial charge on any atom is -0.372 e. The molecule has 0 radical (unpaired) electrons. The molecule has 116 valence electrons. The molecule has 0 spiro atoms. The first kappa shape index (κ1) is 16.3. The van der Waals surface area contributed by atoms with Crippen LogP contribution in [-0.2, 0) is 16.1 Å². The Labute approximate surface area is 131 Å². The van der Waals surface area contributed by atoms with E-state index in [0.717, 1.165) is 17.1 Å². The number of ether oxygens (including phenoxy) is 1. The Morgan fingerprint density at radius 3 is 2.43 bits per heavy atom. The summed E-state index contributed by atoms with van der Waals surface area (Å²) >= 11 is 5.88. The molecule has 0 aliphatic carbocycles. The third-order valence-electron chi connectivity index (χ3n) is 3.54. The van der Waals surface area contributed by atoms with Gasteiger partial charge >= 0.3 is 0 Å². The minimum absolute atomic E-state index is 0.110. The number of morpholine rings is 1. The monoisotopic (exact) mass is 310 g/mol. The molecule has 1 heterocycles. The summed E-state index contributed by atoms with van der Waals surface area (Å²) < 4.78 is 5.66. The van der Waals surface area contributed by atoms with E-state index in [1.807, 2.05) is 55.0 Å². The Balaban J connectivity index is 1.85. The molecule has 0 bridgehead atoms. The van der Waals surface area contributed by atoms with E-state index >= 15 is 0 Å². The summed E-state index contributed by atoms with van der Waals surface area (Å²) in [4.78, 5) is 16.3. The van der Waals surface area contributed by atoms with Crippen LogP contribution in [0.4, 0.5) is 0 Å². The van der Waals surface area contributed by atoms with Gasteiger partial charge in [0, 0.05) is 24.7 Å². The van der Waals surface area contributed by atoms with Crippen LogP contribution in [0, 0.1) is 0 Å². The maximum absolute atomic E-state index is 12.4. The number of nitrogens with zero attached hydrogens (tertiary/aromatic N) is 2. The average Bonchev–Trinajstić information content (AvgIpc) is 2.40. The van der Waals surface area contributed by atoms with E-state index in [9.17, 15) is 4.79 Å². The summed E-state index contributed by atoms with van der Waals surface area (Å²) in [5.74, 6) is 0.161. The topological polar surface area (TPSA) is 32.8 Å². The quantitative estimate of drug-likeness (QED) is 0.856. The SMILES string of the molecule is CC1CN(C(=O)CN(C)Cc2ccc(Cl)cc2)CC(C)O1. The van der Waals surface area contributed by atoms with Crippen LogP contribution in [-0.4, -0.2) is 54.6 Å². The molecular weight excluding hydrogens is 288 g/mol. The van der Waals surface area contributed by atoms with Crippen molar-refractivity contribution in [2.75, 3.05) is 26.7 Å². The van der Waals surface area contributed by atoms with Gasteiger partial charge in [-0.3, -0.25) is 9.69 Å². The molecule has 5 heteroatoms. The zero-order valence-electron chi connectivity index (χ0n) is 12.9. The van der Waals surface area contributed by atoms with Gasteiger partial charge in [-0.25, -0.2) is 0 Å². The van der Waals surface area contributed by atoms with Crippen molar-refractivity contribution in [3.63, 3.8) is 0 Å². The Morgan fingerprint density at radius 2 is 1.86 bits per heavy atom. The highest BCUT2D eigenvalue weighted by molar-refractivity contribution is 6.30. The highest BCUT2D eigenvalue weighted by Gasteiger charge is 2.26. The summed E-state index contributed by atoms with van der Waals surface area (Å²) in [5.41, 5.74) is 1.15. The summed E-state index contributed by atoms with van der Waals surface area (Å²) in [7, 11) is 1.96. The zero-order chi connectivity index (χ0) is 15.4. The van der Waals surface area contributed by atoms with Gasteiger partial charge in [-0.2, -0.15) is 0 Å². The first-order valence-corrected chi connectivity index (χ1v) is 7.68. The fourth-order valence-electron chi connectivity index (χ4n) is 2.67. The lowest BCUT2D eigenvalue weighted by Crippen LogP contribution is -2.50. The van der Waals surface area contributed by atoms with E-state index in [2.05, 4.69) is 0 Å². The van der Waals surface area contributed by atoms with Gasteiger partial charge in [0.05, 0.1) is 18.8 Å². The van der Waals surface area contributed by atoms with E-state index < -0.39 is 0 Å². The van der Waals surface area contributed by atoms with E-state index in [0.29, 0.717) is 19.6 Å². The number of hydrogen-bond donors (Lipinski definition) is 0. The van der Waals surface area contributed by atoms with E-state index in [4.69, 9.17) is 16.3 Å². The van der Waals surface area contributed by atoms with E-state index in [1.54, 1.807) is 0 Å². The smallest absolute Gasteiger partial charge is 0.236 e. The summed E-state index contributed by atoms with van der Waals surface area (Å²) in [6.07, 6.45) is 0.221. The van der Waals surface area contributed by atoms with Gasteiger partial charge in [-0.05, 0) is 38.6 Å². The van der Waals surface area contributed by atoms with Crippen molar-refractivity contribution < 1.29 is 9.53 Å². The number of rotatable bonds is 4. The first-order chi connectivity index (χ1) is 9.94. The highest BCUT2D eigenvalue weighted by Crippen LogP contribution is 2.13. The summed E-state index contributed by atoms with van der Waals surface area (Å²) in [6.45, 7) is 6.52. The molecule has 2 unspecified atom stereocenters. The number of carbonyl (C=O) groups excluding carboxylic acids is 1. The fraction of sp³-hybridized carbons (Fsp3) is 0.562. The molecule has 1 aromatic carbocycles. The highest BCUT2D eigenvalue weighted by atomic mass is 35.5. The molecule has 0 N–H and O–H groups in total. The van der Waals surface area contributed by atoms with Crippen molar-refractivity contribution in [3.8, 4) is 0 Å². The van der Waals surface area contributed by atoms with Gasteiger partial charge in [0.1, 0.15) is 0 Å². The van der Waals surface area contributed by atoms with Crippen LogP contribution < -0.4 is 0 Å². The van der Waals surface area contributed by atoms with Crippen molar-refractivity contribution in [2.45, 2.75) is 32.6 Å². The van der Waals surface area contributed by atoms with Crippen LogP contribution in [0.1, 0.15) is 19.4 Å². The van der Waals surface area contributed by atoms with Gasteiger partial charge in [-0.15, -0.1) is 0 Å². The lowest BCUT2D eigenvalue weighted by atomic mass is 10.2. The van der Waals surface area contributed by atoms with Crippen LogP contribution >= 0.6 is 11.6 Å². The molecule has 1 fully saturated rings. The lowest BCUT2D eigenvalue weighted by Gasteiger charge is -2.36. The molecule has 1 amide bonds. The number of amides is 1. The second-order valence-electron chi connectivity index (χ2n) is 5.85. The number of halogens is 1. The van der Waals surface area contributed by atoms with Crippen molar-refractivity contribution in [1.82, 2.24) is 9.80 Å². The number of likely N-dealkylation sites (N-methyl/N-ethyl adjacent to an activating group) is 1. The maximum atomic E-state index is 12.4. The molecule has 2 rings (SSSR count). The number of benzene rings is 1. The average molecular weight is 311 g/mol. The van der Waals surface area contributed by atoms with Crippen molar-refractivity contribution in [1.29, 1.82) is 0 Å².